The summed E-state index contributed by atoms with van der Waals surface area (Å²) >= 11 is 6.06. The second-order valence-corrected chi connectivity index (χ2v) is 5.06. The lowest BCUT2D eigenvalue weighted by atomic mass is 10.0. The predicted molar refractivity (Wildman–Crippen MR) is 57.2 cm³/mol. The van der Waals surface area contributed by atoms with Gasteiger partial charge in [-0.25, -0.2) is 4.98 Å². The first-order valence-electron chi connectivity index (χ1n) is 4.92. The van der Waals surface area contributed by atoms with Crippen LogP contribution in [0.3, 0.4) is 0 Å². The van der Waals surface area contributed by atoms with E-state index in [4.69, 9.17) is 17.3 Å². The van der Waals surface area contributed by atoms with Crippen molar-refractivity contribution in [2.75, 3.05) is 0 Å². The maximum absolute atomic E-state index is 6.32. The molecule has 1 aliphatic rings. The molecule has 1 heterocycles. The first-order chi connectivity index (χ1) is 6.42. The van der Waals surface area contributed by atoms with Crippen LogP contribution >= 0.6 is 11.6 Å². The molecule has 0 amide bonds. The van der Waals surface area contributed by atoms with Crippen molar-refractivity contribution in [2.45, 2.75) is 39.3 Å². The third-order valence-electron chi connectivity index (χ3n) is 3.36. The molecule has 0 aromatic carbocycles. The highest BCUT2D eigenvalue weighted by Crippen LogP contribution is 2.61. The molecule has 0 saturated heterocycles. The Balaban J connectivity index is 2.47. The molecular weight excluding hydrogens is 198 g/mol. The molecule has 1 fully saturated rings. The molecule has 4 heteroatoms. The smallest absolute Gasteiger partial charge is 0.152 e. The van der Waals surface area contributed by atoms with Gasteiger partial charge in [0.1, 0.15) is 0 Å². The summed E-state index contributed by atoms with van der Waals surface area (Å²) in [5.41, 5.74) is 7.18. The Morgan fingerprint density at radius 1 is 1.64 bits per heavy atom. The van der Waals surface area contributed by atoms with Crippen molar-refractivity contribution < 1.29 is 0 Å². The molecule has 1 aromatic rings. The maximum Gasteiger partial charge on any atom is 0.152 e. The molecule has 3 nitrogen and oxygen atoms in total. The van der Waals surface area contributed by atoms with E-state index in [1.54, 1.807) is 6.33 Å². The monoisotopic (exact) mass is 213 g/mol. The zero-order chi connectivity index (χ0) is 10.6. The number of nitrogens with zero attached hydrogens (tertiary/aromatic N) is 2. The third-order valence-corrected chi connectivity index (χ3v) is 3.64. The molecule has 0 spiro atoms. The van der Waals surface area contributed by atoms with Crippen molar-refractivity contribution in [3.05, 3.63) is 17.2 Å². The number of halogens is 1. The number of aryl methyl sites for hydroxylation is 1. The van der Waals surface area contributed by atoms with Gasteiger partial charge in [-0.3, -0.25) is 0 Å². The largest absolute Gasteiger partial charge is 0.332 e. The summed E-state index contributed by atoms with van der Waals surface area (Å²) in [7, 11) is 0. The zero-order valence-electron chi connectivity index (χ0n) is 8.84. The lowest BCUT2D eigenvalue weighted by molar-refractivity contribution is 0.480. The topological polar surface area (TPSA) is 43.8 Å². The Labute approximate surface area is 89.3 Å². The molecule has 1 aromatic heterocycles. The van der Waals surface area contributed by atoms with Crippen LogP contribution in [0.1, 0.15) is 32.9 Å². The molecule has 1 aliphatic carbocycles. The fraction of sp³-hybridized carbons (Fsp3) is 0.700. The molecule has 2 N–H and O–H groups in total. The van der Waals surface area contributed by atoms with Crippen LogP contribution in [0.2, 0.25) is 5.15 Å². The van der Waals surface area contributed by atoms with Crippen LogP contribution in [0.15, 0.2) is 6.33 Å². The molecule has 1 atom stereocenters. The summed E-state index contributed by atoms with van der Waals surface area (Å²) in [6.45, 7) is 7.26. The minimum Gasteiger partial charge on any atom is -0.332 e. The number of aromatic nitrogens is 2. The van der Waals surface area contributed by atoms with Gasteiger partial charge in [0.15, 0.2) is 5.15 Å². The van der Waals surface area contributed by atoms with Gasteiger partial charge in [0, 0.05) is 6.54 Å². The Morgan fingerprint density at radius 3 is 2.64 bits per heavy atom. The van der Waals surface area contributed by atoms with Crippen molar-refractivity contribution in [1.82, 2.24) is 9.55 Å². The van der Waals surface area contributed by atoms with Crippen molar-refractivity contribution in [2.24, 2.45) is 11.1 Å². The van der Waals surface area contributed by atoms with Crippen LogP contribution in [0.4, 0.5) is 0 Å². The first kappa shape index (κ1) is 9.99. The fourth-order valence-corrected chi connectivity index (χ4v) is 2.42. The first-order valence-corrected chi connectivity index (χ1v) is 5.30. The van der Waals surface area contributed by atoms with E-state index in [9.17, 15) is 0 Å². The van der Waals surface area contributed by atoms with E-state index in [0.29, 0.717) is 5.15 Å². The van der Waals surface area contributed by atoms with E-state index in [-0.39, 0.29) is 11.0 Å². The van der Waals surface area contributed by atoms with Crippen molar-refractivity contribution in [3.8, 4) is 0 Å². The minimum absolute atomic E-state index is 0.142. The van der Waals surface area contributed by atoms with E-state index in [2.05, 4.69) is 25.8 Å². The Hall–Kier alpha value is -0.540. The van der Waals surface area contributed by atoms with Crippen molar-refractivity contribution in [3.63, 3.8) is 0 Å². The fourth-order valence-electron chi connectivity index (χ4n) is 2.09. The molecule has 14 heavy (non-hydrogen) atoms. The Morgan fingerprint density at radius 2 is 2.21 bits per heavy atom. The zero-order valence-corrected chi connectivity index (χ0v) is 9.60. The van der Waals surface area contributed by atoms with Gasteiger partial charge in [-0.05, 0) is 18.8 Å². The van der Waals surface area contributed by atoms with Gasteiger partial charge in [-0.2, -0.15) is 0 Å². The second kappa shape index (κ2) is 2.74. The second-order valence-electron chi connectivity index (χ2n) is 4.70. The quantitative estimate of drug-likeness (QED) is 0.818. The van der Waals surface area contributed by atoms with Crippen molar-refractivity contribution >= 4 is 11.6 Å². The van der Waals surface area contributed by atoms with Gasteiger partial charge >= 0.3 is 0 Å². The van der Waals surface area contributed by atoms with Gasteiger partial charge in [-0.1, -0.05) is 25.4 Å². The van der Waals surface area contributed by atoms with Gasteiger partial charge in [0.2, 0.25) is 0 Å². The number of imidazole rings is 1. The highest BCUT2D eigenvalue weighted by molar-refractivity contribution is 6.30. The lowest BCUT2D eigenvalue weighted by Crippen LogP contribution is -2.28. The average molecular weight is 214 g/mol. The lowest BCUT2D eigenvalue weighted by Gasteiger charge is -2.17. The van der Waals surface area contributed by atoms with E-state index in [0.717, 1.165) is 18.7 Å². The van der Waals surface area contributed by atoms with Crippen LogP contribution in [-0.4, -0.2) is 9.55 Å². The summed E-state index contributed by atoms with van der Waals surface area (Å²) in [6.07, 6.45) is 2.74. The Bertz CT molecular complexity index is 369. The van der Waals surface area contributed by atoms with Gasteiger partial charge in [0.05, 0.1) is 17.6 Å². The highest BCUT2D eigenvalue weighted by Gasteiger charge is 2.61. The summed E-state index contributed by atoms with van der Waals surface area (Å²) in [6, 6.07) is 0. The molecule has 1 saturated carbocycles. The summed E-state index contributed by atoms with van der Waals surface area (Å²) in [4.78, 5) is 4.11. The van der Waals surface area contributed by atoms with E-state index < -0.39 is 0 Å². The number of hydrogen-bond acceptors (Lipinski definition) is 2. The summed E-state index contributed by atoms with van der Waals surface area (Å²) in [5.74, 6) is 0. The predicted octanol–water partition coefficient (Wildman–Crippen LogP) is 2.14. The van der Waals surface area contributed by atoms with E-state index in [1.165, 1.54) is 0 Å². The number of nitrogens with two attached hydrogens (primary N) is 1. The molecule has 0 radical (unpaired) electrons. The van der Waals surface area contributed by atoms with Crippen LogP contribution in [0.5, 0.6) is 0 Å². The van der Waals surface area contributed by atoms with Gasteiger partial charge in [0.25, 0.3) is 0 Å². The molecule has 0 aliphatic heterocycles. The Kier molecular flexibility index (Phi) is 1.95. The normalized spacial score (nSPS) is 29.2. The SMILES string of the molecule is CCn1cnc(Cl)c1C1(N)CC1(C)C. The molecular formula is C10H16ClN3. The molecule has 78 valence electrons. The van der Waals surface area contributed by atoms with E-state index in [1.807, 2.05) is 4.57 Å². The van der Waals surface area contributed by atoms with Crippen LogP contribution in [-0.2, 0) is 12.1 Å². The molecule has 0 bridgehead atoms. The summed E-state index contributed by atoms with van der Waals surface area (Å²) in [5, 5.41) is 0.555. The van der Waals surface area contributed by atoms with E-state index >= 15 is 0 Å². The van der Waals surface area contributed by atoms with Gasteiger partial charge in [-0.15, -0.1) is 0 Å². The molecule has 1 unspecified atom stereocenters. The number of hydrogen-bond donors (Lipinski definition) is 1. The molecule has 2 rings (SSSR count). The van der Waals surface area contributed by atoms with Crippen LogP contribution in [0, 0.1) is 5.41 Å². The minimum atomic E-state index is -0.281. The standard InChI is InChI=1S/C10H16ClN3/c1-4-14-6-13-8(11)7(14)10(12)5-9(10,2)3/h6H,4-5,12H2,1-3H3. The number of rotatable bonds is 2. The summed E-state index contributed by atoms with van der Waals surface area (Å²) < 4.78 is 2.04. The average Bonchev–Trinajstić information content (AvgIpc) is 2.43. The van der Waals surface area contributed by atoms with Gasteiger partial charge < -0.3 is 10.3 Å². The van der Waals surface area contributed by atoms with Crippen LogP contribution < -0.4 is 5.73 Å². The van der Waals surface area contributed by atoms with Crippen molar-refractivity contribution in [1.29, 1.82) is 0 Å². The third kappa shape index (κ3) is 1.12. The van der Waals surface area contributed by atoms with Crippen LogP contribution in [0.25, 0.3) is 0 Å². The highest BCUT2D eigenvalue weighted by atomic mass is 35.5. The maximum atomic E-state index is 6.32.